The summed E-state index contributed by atoms with van der Waals surface area (Å²) >= 11 is 0. The molecule has 7 nitrogen and oxygen atoms in total. The molecule has 4 N–H and O–H groups in total. The number of aliphatic hydroxyl groups is 2. The Morgan fingerprint density at radius 1 is 1.37 bits per heavy atom. The summed E-state index contributed by atoms with van der Waals surface area (Å²) < 4.78 is 15.2. The van der Waals surface area contributed by atoms with E-state index in [1.54, 1.807) is 0 Å². The normalized spacial score (nSPS) is 23.1. The highest BCUT2D eigenvalue weighted by Crippen LogP contribution is 2.54. The number of hydrogen-bond acceptors (Lipinski definition) is 6. The Morgan fingerprint density at radius 3 is 2.74 bits per heavy atom. The second kappa shape index (κ2) is 3.97. The summed E-state index contributed by atoms with van der Waals surface area (Å²) in [6.45, 7) is -0.888. The van der Waals surface area contributed by atoms with E-state index in [4.69, 9.17) is 5.73 Å². The summed E-state index contributed by atoms with van der Waals surface area (Å²) in [7, 11) is 0. The van der Waals surface area contributed by atoms with Crippen LogP contribution >= 0.6 is 0 Å². The highest BCUT2D eigenvalue weighted by Gasteiger charge is 2.60. The van der Waals surface area contributed by atoms with Gasteiger partial charge in [0.2, 0.25) is 0 Å². The number of rotatable bonds is 3. The minimum atomic E-state index is -1.36. The van der Waals surface area contributed by atoms with Gasteiger partial charge >= 0.3 is 0 Å². The van der Waals surface area contributed by atoms with Gasteiger partial charge in [0.25, 0.3) is 0 Å². The van der Waals surface area contributed by atoms with Gasteiger partial charge in [0.15, 0.2) is 17.0 Å². The highest BCUT2D eigenvalue weighted by atomic mass is 19.1. The molecule has 0 bridgehead atoms. The molecule has 2 aromatic rings. The maximum Gasteiger partial charge on any atom is 0.169 e. The van der Waals surface area contributed by atoms with Crippen molar-refractivity contribution in [3.8, 4) is 0 Å². The van der Waals surface area contributed by atoms with Crippen LogP contribution in [-0.4, -0.2) is 49.1 Å². The van der Waals surface area contributed by atoms with E-state index in [9.17, 15) is 14.6 Å². The van der Waals surface area contributed by atoms with Crippen molar-refractivity contribution in [3.63, 3.8) is 0 Å². The number of halogens is 1. The summed E-state index contributed by atoms with van der Waals surface area (Å²) in [5.74, 6) is 0.241. The van der Waals surface area contributed by atoms with Crippen molar-refractivity contribution in [2.24, 2.45) is 5.41 Å². The molecule has 1 aliphatic carbocycles. The predicted octanol–water partition coefficient (Wildman–Crippen LogP) is -0.428. The van der Waals surface area contributed by atoms with Gasteiger partial charge in [-0.1, -0.05) is 0 Å². The largest absolute Gasteiger partial charge is 0.395 e. The van der Waals surface area contributed by atoms with Crippen LogP contribution < -0.4 is 5.73 Å². The molecule has 1 saturated carbocycles. The van der Waals surface area contributed by atoms with Gasteiger partial charge in [0, 0.05) is 6.20 Å². The molecule has 3 rings (SSSR count). The van der Waals surface area contributed by atoms with Crippen molar-refractivity contribution in [3.05, 3.63) is 18.2 Å². The predicted molar refractivity (Wildman–Crippen MR) is 65.5 cm³/mol. The molecule has 100 valence electrons. The van der Waals surface area contributed by atoms with Crippen molar-refractivity contribution in [1.82, 2.24) is 19.5 Å². The Morgan fingerprint density at radius 2 is 2.11 bits per heavy atom. The van der Waals surface area contributed by atoms with Gasteiger partial charge in [-0.3, -0.25) is 4.57 Å². The summed E-state index contributed by atoms with van der Waals surface area (Å²) in [6.07, 6.45) is 2.84. The van der Waals surface area contributed by atoms with E-state index in [1.807, 2.05) is 0 Å². The second-order valence-electron chi connectivity index (χ2n) is 4.50. The minimum Gasteiger partial charge on any atom is -0.395 e. The number of aromatic nitrogens is 4. The number of hydrogen-bond donors (Lipinski definition) is 3. The van der Waals surface area contributed by atoms with Crippen molar-refractivity contribution in [2.45, 2.75) is 6.17 Å². The van der Waals surface area contributed by atoms with Crippen LogP contribution in [0.2, 0.25) is 0 Å². The molecule has 1 aliphatic rings. The maximum atomic E-state index is 13.7. The van der Waals surface area contributed by atoms with Crippen LogP contribution in [0.15, 0.2) is 18.2 Å². The Bertz CT molecular complexity index is 664. The number of nitrogens with two attached hydrogens (primary N) is 1. The Balaban J connectivity index is 2.06. The van der Waals surface area contributed by atoms with E-state index in [-0.39, 0.29) is 5.82 Å². The Kier molecular flexibility index (Phi) is 2.51. The van der Waals surface area contributed by atoms with Crippen LogP contribution in [0.1, 0.15) is 0 Å². The molecular formula is C11H12FN5O2. The van der Waals surface area contributed by atoms with E-state index in [1.165, 1.54) is 23.4 Å². The number of nitrogen functional groups attached to an aromatic ring is 1. The van der Waals surface area contributed by atoms with Gasteiger partial charge in [-0.05, 0) is 5.57 Å². The van der Waals surface area contributed by atoms with Gasteiger partial charge in [0.05, 0.1) is 18.6 Å². The maximum absolute atomic E-state index is 13.7. The first-order valence-corrected chi connectivity index (χ1v) is 5.65. The lowest BCUT2D eigenvalue weighted by Gasteiger charge is -2.04. The van der Waals surface area contributed by atoms with Crippen LogP contribution in [-0.2, 0) is 0 Å². The molecule has 1 fully saturated rings. The highest BCUT2D eigenvalue weighted by molar-refractivity contribution is 5.82. The summed E-state index contributed by atoms with van der Waals surface area (Å²) in [5, 5.41) is 18.3. The van der Waals surface area contributed by atoms with E-state index in [0.29, 0.717) is 16.7 Å². The molecule has 19 heavy (non-hydrogen) atoms. The Hall–Kier alpha value is -2.06. The van der Waals surface area contributed by atoms with Crippen LogP contribution in [0.5, 0.6) is 0 Å². The molecule has 1 atom stereocenters. The average Bonchev–Trinajstić information content (AvgIpc) is 2.78. The first-order valence-electron chi connectivity index (χ1n) is 5.65. The fourth-order valence-electron chi connectivity index (χ4n) is 2.10. The third-order valence-corrected chi connectivity index (χ3v) is 3.48. The fourth-order valence-corrected chi connectivity index (χ4v) is 2.10. The average molecular weight is 265 g/mol. The van der Waals surface area contributed by atoms with Gasteiger partial charge in [0.1, 0.15) is 18.8 Å². The lowest BCUT2D eigenvalue weighted by molar-refractivity contribution is 0.118. The molecule has 0 aliphatic heterocycles. The van der Waals surface area contributed by atoms with Crippen molar-refractivity contribution in [2.75, 3.05) is 18.9 Å². The van der Waals surface area contributed by atoms with Crippen molar-refractivity contribution >= 4 is 23.2 Å². The van der Waals surface area contributed by atoms with Crippen LogP contribution in [0.25, 0.3) is 17.4 Å². The standard InChI is InChI=1S/C11H12FN5O2/c12-8-6(11(8,2-18)3-19)1-17-5-16-7-9(13)14-4-15-10(7)17/h1,4-5,8,18-19H,2-3H2,(H2,13,14,15)/b6-1-. The van der Waals surface area contributed by atoms with Crippen molar-refractivity contribution < 1.29 is 14.6 Å². The molecule has 2 aromatic heterocycles. The van der Waals surface area contributed by atoms with Crippen LogP contribution in [0.3, 0.4) is 0 Å². The monoisotopic (exact) mass is 265 g/mol. The van der Waals surface area contributed by atoms with Gasteiger partial charge in [-0.15, -0.1) is 0 Å². The smallest absolute Gasteiger partial charge is 0.169 e. The third kappa shape index (κ3) is 1.53. The van der Waals surface area contributed by atoms with Gasteiger partial charge < -0.3 is 15.9 Å². The third-order valence-electron chi connectivity index (χ3n) is 3.48. The van der Waals surface area contributed by atoms with Crippen LogP contribution in [0, 0.1) is 5.41 Å². The first-order chi connectivity index (χ1) is 9.14. The zero-order chi connectivity index (χ0) is 13.6. The molecule has 0 amide bonds. The molecule has 0 saturated heterocycles. The summed E-state index contributed by atoms with van der Waals surface area (Å²) in [6, 6.07) is 0. The number of aliphatic hydroxyl groups excluding tert-OH is 2. The lowest BCUT2D eigenvalue weighted by Crippen LogP contribution is -2.15. The molecule has 2 heterocycles. The zero-order valence-corrected chi connectivity index (χ0v) is 9.86. The first kappa shape index (κ1) is 12.0. The molecule has 0 radical (unpaired) electrons. The van der Waals surface area contributed by atoms with Gasteiger partial charge in [-0.25, -0.2) is 19.3 Å². The number of alkyl halides is 1. The summed E-state index contributed by atoms with van der Waals surface area (Å²) in [5.41, 5.74) is 5.65. The number of imidazole rings is 1. The number of fused-ring (bicyclic) bond motifs is 1. The fraction of sp³-hybridized carbons (Fsp3) is 0.364. The topological polar surface area (TPSA) is 110 Å². The van der Waals surface area contributed by atoms with E-state index in [0.717, 1.165) is 0 Å². The molecular weight excluding hydrogens is 253 g/mol. The molecule has 0 aromatic carbocycles. The number of nitrogens with zero attached hydrogens (tertiary/aromatic N) is 4. The molecule has 1 unspecified atom stereocenters. The quantitative estimate of drug-likeness (QED) is 0.694. The number of anilines is 1. The SMILES string of the molecule is Nc1ncnc2c1ncn2/C=C1/C(F)C1(CO)CO. The van der Waals surface area contributed by atoms with E-state index < -0.39 is 24.8 Å². The van der Waals surface area contributed by atoms with E-state index >= 15 is 0 Å². The summed E-state index contributed by atoms with van der Waals surface area (Å²) in [4.78, 5) is 11.9. The van der Waals surface area contributed by atoms with Crippen molar-refractivity contribution in [1.29, 1.82) is 0 Å². The molecule has 0 spiro atoms. The molecule has 8 heteroatoms. The second-order valence-corrected chi connectivity index (χ2v) is 4.50. The van der Waals surface area contributed by atoms with Gasteiger partial charge in [-0.2, -0.15) is 0 Å². The zero-order valence-electron chi connectivity index (χ0n) is 9.86. The van der Waals surface area contributed by atoms with Crippen LogP contribution in [0.4, 0.5) is 10.2 Å². The van der Waals surface area contributed by atoms with E-state index in [2.05, 4.69) is 15.0 Å². The minimum absolute atomic E-state index is 0.241. The lowest BCUT2D eigenvalue weighted by atomic mass is 10.1. The Labute approximate surface area is 107 Å².